The summed E-state index contributed by atoms with van der Waals surface area (Å²) in [6.45, 7) is 3.48. The fourth-order valence-corrected chi connectivity index (χ4v) is 1.79. The lowest BCUT2D eigenvalue weighted by Gasteiger charge is -2.30. The summed E-state index contributed by atoms with van der Waals surface area (Å²) in [7, 11) is 2.09. The maximum atomic E-state index is 12.7. The fraction of sp³-hybridized carbons (Fsp3) is 0.500. The van der Waals surface area contributed by atoms with Gasteiger partial charge in [-0.1, -0.05) is 0 Å². The van der Waals surface area contributed by atoms with Crippen LogP contribution in [0.3, 0.4) is 0 Å². The third kappa shape index (κ3) is 3.18. The Morgan fingerprint density at radius 2 is 2.19 bits per heavy atom. The Bertz CT molecular complexity index is 328. The summed E-state index contributed by atoms with van der Waals surface area (Å²) >= 11 is 0. The molecule has 1 atom stereocenters. The van der Waals surface area contributed by atoms with E-state index in [1.54, 1.807) is 12.1 Å². The van der Waals surface area contributed by atoms with Crippen LogP contribution in [0.15, 0.2) is 24.3 Å². The number of benzene rings is 1. The summed E-state index contributed by atoms with van der Waals surface area (Å²) in [4.78, 5) is 2.25. The van der Waals surface area contributed by atoms with E-state index in [1.165, 1.54) is 12.1 Å². The quantitative estimate of drug-likeness (QED) is 0.843. The molecule has 1 heterocycles. The highest BCUT2D eigenvalue weighted by atomic mass is 19.1. The Hall–Kier alpha value is -1.13. The van der Waals surface area contributed by atoms with Crippen molar-refractivity contribution in [1.29, 1.82) is 0 Å². The van der Waals surface area contributed by atoms with Gasteiger partial charge in [0.15, 0.2) is 0 Å². The predicted octanol–water partition coefficient (Wildman–Crippen LogP) is 1.57. The topological polar surface area (TPSA) is 24.5 Å². The second kappa shape index (κ2) is 5.27. The number of hydrogen-bond acceptors (Lipinski definition) is 3. The third-order valence-electron chi connectivity index (χ3n) is 2.72. The zero-order valence-corrected chi connectivity index (χ0v) is 9.45. The van der Waals surface area contributed by atoms with Crippen molar-refractivity contribution in [3.8, 4) is 0 Å². The first-order chi connectivity index (χ1) is 7.74. The highest BCUT2D eigenvalue weighted by Crippen LogP contribution is 2.09. The van der Waals surface area contributed by atoms with Crippen molar-refractivity contribution >= 4 is 5.69 Å². The maximum absolute atomic E-state index is 12.7. The summed E-state index contributed by atoms with van der Waals surface area (Å²) in [5.41, 5.74) is 0.929. The summed E-state index contributed by atoms with van der Waals surface area (Å²) in [6, 6.07) is 6.39. The normalized spacial score (nSPS) is 22.0. The van der Waals surface area contributed by atoms with Crippen LogP contribution >= 0.6 is 0 Å². The summed E-state index contributed by atoms with van der Waals surface area (Å²) in [5, 5.41) is 3.24. The Morgan fingerprint density at radius 1 is 1.44 bits per heavy atom. The number of nitrogens with zero attached hydrogens (tertiary/aromatic N) is 1. The molecule has 4 heteroatoms. The van der Waals surface area contributed by atoms with Crippen molar-refractivity contribution in [2.24, 2.45) is 0 Å². The number of halogens is 1. The van der Waals surface area contributed by atoms with E-state index in [-0.39, 0.29) is 11.9 Å². The molecule has 0 bridgehead atoms. The highest BCUT2D eigenvalue weighted by molar-refractivity contribution is 5.42. The number of nitrogens with one attached hydrogen (secondary N) is 1. The molecular weight excluding hydrogens is 207 g/mol. The number of morpholine rings is 1. The van der Waals surface area contributed by atoms with Gasteiger partial charge < -0.3 is 15.0 Å². The van der Waals surface area contributed by atoms with Gasteiger partial charge in [0.05, 0.1) is 12.7 Å². The smallest absolute Gasteiger partial charge is 0.123 e. The molecule has 0 amide bonds. The Morgan fingerprint density at radius 3 is 2.88 bits per heavy atom. The van der Waals surface area contributed by atoms with Crippen LogP contribution in [0.1, 0.15) is 0 Å². The number of rotatable bonds is 3. The standard InChI is InChI=1S/C12H17FN2O/c1-15-6-7-16-12(9-15)8-14-11-4-2-10(13)3-5-11/h2-5,12,14H,6-9H2,1H3. The van der Waals surface area contributed by atoms with Gasteiger partial charge in [-0.2, -0.15) is 0 Å². The van der Waals surface area contributed by atoms with Crippen LogP contribution in [0, 0.1) is 5.82 Å². The zero-order valence-electron chi connectivity index (χ0n) is 9.45. The number of anilines is 1. The van der Waals surface area contributed by atoms with E-state index >= 15 is 0 Å². The van der Waals surface area contributed by atoms with Crippen LogP contribution < -0.4 is 5.32 Å². The highest BCUT2D eigenvalue weighted by Gasteiger charge is 2.16. The number of hydrogen-bond donors (Lipinski definition) is 1. The first-order valence-corrected chi connectivity index (χ1v) is 5.53. The minimum Gasteiger partial charge on any atom is -0.382 e. The van der Waals surface area contributed by atoms with E-state index in [9.17, 15) is 4.39 Å². The second-order valence-corrected chi connectivity index (χ2v) is 4.14. The van der Waals surface area contributed by atoms with Gasteiger partial charge in [0.1, 0.15) is 5.82 Å². The molecule has 0 aromatic heterocycles. The molecule has 1 aromatic rings. The van der Waals surface area contributed by atoms with Crippen molar-refractivity contribution in [3.63, 3.8) is 0 Å². The lowest BCUT2D eigenvalue weighted by atomic mass is 10.2. The average molecular weight is 224 g/mol. The van der Waals surface area contributed by atoms with Gasteiger partial charge in [-0.05, 0) is 31.3 Å². The third-order valence-corrected chi connectivity index (χ3v) is 2.72. The molecule has 3 nitrogen and oxygen atoms in total. The second-order valence-electron chi connectivity index (χ2n) is 4.14. The van der Waals surface area contributed by atoms with Crippen LogP contribution in [-0.4, -0.2) is 44.3 Å². The SMILES string of the molecule is CN1CCOC(CNc2ccc(F)cc2)C1. The van der Waals surface area contributed by atoms with Crippen molar-refractivity contribution < 1.29 is 9.13 Å². The molecule has 0 radical (unpaired) electrons. The average Bonchev–Trinajstić information content (AvgIpc) is 2.28. The van der Waals surface area contributed by atoms with Gasteiger partial charge >= 0.3 is 0 Å². The molecule has 1 aliphatic rings. The first-order valence-electron chi connectivity index (χ1n) is 5.53. The molecule has 0 aliphatic carbocycles. The van der Waals surface area contributed by atoms with Gasteiger partial charge in [0.25, 0.3) is 0 Å². The monoisotopic (exact) mass is 224 g/mol. The van der Waals surface area contributed by atoms with E-state index in [0.29, 0.717) is 0 Å². The molecule has 2 rings (SSSR count). The fourth-order valence-electron chi connectivity index (χ4n) is 1.79. The van der Waals surface area contributed by atoms with Crippen LogP contribution in [0.25, 0.3) is 0 Å². The molecule has 1 aromatic carbocycles. The van der Waals surface area contributed by atoms with Crippen molar-refractivity contribution in [2.75, 3.05) is 38.6 Å². The molecule has 1 aliphatic heterocycles. The largest absolute Gasteiger partial charge is 0.382 e. The van der Waals surface area contributed by atoms with Crippen LogP contribution in [0.4, 0.5) is 10.1 Å². The van der Waals surface area contributed by atoms with Crippen LogP contribution in [-0.2, 0) is 4.74 Å². The molecule has 1 fully saturated rings. The molecular formula is C12H17FN2O. The summed E-state index contributed by atoms with van der Waals surface area (Å²) in [6.07, 6.45) is 0.212. The van der Waals surface area contributed by atoms with Crippen LogP contribution in [0.5, 0.6) is 0 Å². The summed E-state index contributed by atoms with van der Waals surface area (Å²) < 4.78 is 18.3. The Balaban J connectivity index is 1.80. The molecule has 16 heavy (non-hydrogen) atoms. The van der Waals surface area contributed by atoms with Gasteiger partial charge in [-0.15, -0.1) is 0 Å². The van der Waals surface area contributed by atoms with Gasteiger partial charge in [-0.3, -0.25) is 0 Å². The minimum atomic E-state index is -0.209. The number of likely N-dealkylation sites (N-methyl/N-ethyl adjacent to an activating group) is 1. The van der Waals surface area contributed by atoms with E-state index in [4.69, 9.17) is 4.74 Å². The van der Waals surface area contributed by atoms with Crippen molar-refractivity contribution in [1.82, 2.24) is 4.90 Å². The van der Waals surface area contributed by atoms with E-state index < -0.39 is 0 Å². The van der Waals surface area contributed by atoms with Gasteiger partial charge in [0.2, 0.25) is 0 Å². The molecule has 88 valence electrons. The maximum Gasteiger partial charge on any atom is 0.123 e. The van der Waals surface area contributed by atoms with E-state index in [1.807, 2.05) is 0 Å². The van der Waals surface area contributed by atoms with Crippen molar-refractivity contribution in [2.45, 2.75) is 6.10 Å². The van der Waals surface area contributed by atoms with Crippen LogP contribution in [0.2, 0.25) is 0 Å². The lowest BCUT2D eigenvalue weighted by Crippen LogP contribution is -2.43. The molecule has 1 saturated heterocycles. The molecule has 1 N–H and O–H groups in total. The van der Waals surface area contributed by atoms with Gasteiger partial charge in [0, 0.05) is 25.3 Å². The molecule has 0 spiro atoms. The lowest BCUT2D eigenvalue weighted by molar-refractivity contribution is -0.0117. The Kier molecular flexibility index (Phi) is 3.74. The zero-order chi connectivity index (χ0) is 11.4. The minimum absolute atomic E-state index is 0.209. The predicted molar refractivity (Wildman–Crippen MR) is 62.1 cm³/mol. The van der Waals surface area contributed by atoms with Crippen molar-refractivity contribution in [3.05, 3.63) is 30.1 Å². The van der Waals surface area contributed by atoms with Gasteiger partial charge in [-0.25, -0.2) is 4.39 Å². The number of ether oxygens (including phenoxy) is 1. The molecule has 1 unspecified atom stereocenters. The Labute approximate surface area is 95.2 Å². The molecule has 0 saturated carbocycles. The first kappa shape index (κ1) is 11.4. The van der Waals surface area contributed by atoms with E-state index in [0.717, 1.165) is 31.9 Å². The summed E-state index contributed by atoms with van der Waals surface area (Å²) in [5.74, 6) is -0.209. The van der Waals surface area contributed by atoms with E-state index in [2.05, 4.69) is 17.3 Å².